The van der Waals surface area contributed by atoms with Gasteiger partial charge in [-0.05, 0) is 49.1 Å². The van der Waals surface area contributed by atoms with E-state index < -0.39 is 0 Å². The zero-order valence-corrected chi connectivity index (χ0v) is 19.6. The highest BCUT2D eigenvalue weighted by atomic mass is 16.6. The second kappa shape index (κ2) is 10.1. The standard InChI is InChI=1S/C26H31N3O4/c1-17(2)13-14-32-20-11-9-19(10-12-20)24-23(25(30)33-16-15-31-4)18(3)27-26-28-21-7-5-6-8-22(21)29(24)26/h5-12,17,24H,13-16H2,1-4H3,(H,27,28)/t24-/m0/s1. The predicted molar refractivity (Wildman–Crippen MR) is 128 cm³/mol. The first-order valence-electron chi connectivity index (χ1n) is 11.3. The maximum absolute atomic E-state index is 13.2. The van der Waals surface area contributed by atoms with E-state index in [1.165, 1.54) is 0 Å². The summed E-state index contributed by atoms with van der Waals surface area (Å²) in [6, 6.07) is 15.5. The summed E-state index contributed by atoms with van der Waals surface area (Å²) in [6.07, 6.45) is 1.000. The smallest absolute Gasteiger partial charge is 0.338 e. The van der Waals surface area contributed by atoms with E-state index in [1.54, 1.807) is 7.11 Å². The lowest BCUT2D eigenvalue weighted by atomic mass is 9.95. The third-order valence-electron chi connectivity index (χ3n) is 5.73. The van der Waals surface area contributed by atoms with Crippen molar-refractivity contribution in [2.24, 2.45) is 5.92 Å². The van der Waals surface area contributed by atoms with Crippen molar-refractivity contribution in [1.29, 1.82) is 0 Å². The fourth-order valence-corrected chi connectivity index (χ4v) is 4.00. The molecular formula is C26H31N3O4. The number of nitrogens with one attached hydrogen (secondary N) is 1. The maximum Gasteiger partial charge on any atom is 0.338 e. The van der Waals surface area contributed by atoms with Gasteiger partial charge < -0.3 is 19.5 Å². The second-order valence-corrected chi connectivity index (χ2v) is 8.59. The molecule has 0 saturated carbocycles. The topological polar surface area (TPSA) is 74.6 Å². The number of benzene rings is 2. The molecule has 0 saturated heterocycles. The predicted octanol–water partition coefficient (Wildman–Crippen LogP) is 4.94. The van der Waals surface area contributed by atoms with Crippen LogP contribution < -0.4 is 10.1 Å². The number of hydrogen-bond donors (Lipinski definition) is 1. The zero-order valence-electron chi connectivity index (χ0n) is 19.6. The Morgan fingerprint density at radius 3 is 2.58 bits per heavy atom. The molecule has 3 aromatic rings. The molecule has 33 heavy (non-hydrogen) atoms. The molecule has 1 aliphatic heterocycles. The summed E-state index contributed by atoms with van der Waals surface area (Å²) >= 11 is 0. The quantitative estimate of drug-likeness (QED) is 0.368. The molecule has 2 aromatic carbocycles. The first-order chi connectivity index (χ1) is 16.0. The van der Waals surface area contributed by atoms with Crippen molar-refractivity contribution in [3.05, 3.63) is 65.4 Å². The second-order valence-electron chi connectivity index (χ2n) is 8.59. The van der Waals surface area contributed by atoms with E-state index >= 15 is 0 Å². The summed E-state index contributed by atoms with van der Waals surface area (Å²) in [7, 11) is 1.58. The number of rotatable bonds is 9. The minimum absolute atomic E-state index is 0.193. The van der Waals surface area contributed by atoms with Gasteiger partial charge in [0.15, 0.2) is 0 Å². The van der Waals surface area contributed by atoms with Crippen LogP contribution in [0, 0.1) is 5.92 Å². The van der Waals surface area contributed by atoms with Gasteiger partial charge in [0, 0.05) is 12.8 Å². The van der Waals surface area contributed by atoms with Crippen LogP contribution in [-0.4, -0.2) is 42.5 Å². The third-order valence-corrected chi connectivity index (χ3v) is 5.73. The monoisotopic (exact) mass is 449 g/mol. The number of carbonyl (C=O) groups is 1. The Balaban J connectivity index is 1.72. The molecule has 0 spiro atoms. The highest BCUT2D eigenvalue weighted by Gasteiger charge is 2.35. The van der Waals surface area contributed by atoms with Crippen LogP contribution >= 0.6 is 0 Å². The largest absolute Gasteiger partial charge is 0.494 e. The molecule has 0 unspecified atom stereocenters. The maximum atomic E-state index is 13.2. The van der Waals surface area contributed by atoms with Gasteiger partial charge >= 0.3 is 5.97 Å². The number of ether oxygens (including phenoxy) is 3. The number of para-hydroxylation sites is 2. The SMILES string of the molecule is COCCOC(=O)C1=C(C)Nc2nc3ccccc3n2[C@H]1c1ccc(OCCC(C)C)cc1. The molecule has 0 radical (unpaired) electrons. The molecular weight excluding hydrogens is 418 g/mol. The van der Waals surface area contributed by atoms with Gasteiger partial charge in [-0.3, -0.25) is 4.57 Å². The normalized spacial score (nSPS) is 15.5. The number of aromatic nitrogens is 2. The molecule has 1 aromatic heterocycles. The van der Waals surface area contributed by atoms with E-state index in [0.29, 0.717) is 30.7 Å². The number of imidazole rings is 1. The molecule has 2 heterocycles. The summed E-state index contributed by atoms with van der Waals surface area (Å²) in [5.74, 6) is 1.73. The van der Waals surface area contributed by atoms with E-state index in [2.05, 4.69) is 23.7 Å². The Morgan fingerprint density at radius 2 is 1.85 bits per heavy atom. The van der Waals surface area contributed by atoms with Crippen molar-refractivity contribution in [2.45, 2.75) is 33.2 Å². The van der Waals surface area contributed by atoms with Crippen molar-refractivity contribution >= 4 is 23.0 Å². The molecule has 0 fully saturated rings. The van der Waals surface area contributed by atoms with E-state index in [-0.39, 0.29) is 18.6 Å². The summed E-state index contributed by atoms with van der Waals surface area (Å²) in [5, 5.41) is 3.29. The van der Waals surface area contributed by atoms with Crippen molar-refractivity contribution < 1.29 is 19.0 Å². The molecule has 7 nitrogen and oxygen atoms in total. The Morgan fingerprint density at radius 1 is 1.09 bits per heavy atom. The van der Waals surface area contributed by atoms with Gasteiger partial charge in [-0.15, -0.1) is 0 Å². The van der Waals surface area contributed by atoms with Gasteiger partial charge in [0.1, 0.15) is 12.4 Å². The average Bonchev–Trinajstić information content (AvgIpc) is 3.16. The number of esters is 1. The first kappa shape index (κ1) is 22.9. The van der Waals surface area contributed by atoms with Gasteiger partial charge in [-0.1, -0.05) is 38.1 Å². The van der Waals surface area contributed by atoms with Gasteiger partial charge in [-0.2, -0.15) is 0 Å². The van der Waals surface area contributed by atoms with Crippen LogP contribution in [0.1, 0.15) is 38.8 Å². The van der Waals surface area contributed by atoms with Gasteiger partial charge in [0.05, 0.1) is 35.9 Å². The highest BCUT2D eigenvalue weighted by molar-refractivity contribution is 5.94. The van der Waals surface area contributed by atoms with Crippen LogP contribution in [0.2, 0.25) is 0 Å². The lowest BCUT2D eigenvalue weighted by molar-refractivity contribution is -0.140. The van der Waals surface area contributed by atoms with Crippen molar-refractivity contribution in [3.8, 4) is 5.75 Å². The number of nitrogens with zero attached hydrogens (tertiary/aromatic N) is 2. The van der Waals surface area contributed by atoms with Crippen molar-refractivity contribution in [1.82, 2.24) is 9.55 Å². The number of hydrogen-bond acceptors (Lipinski definition) is 6. The minimum atomic E-state index is -0.381. The van der Waals surface area contributed by atoms with Gasteiger partial charge in [0.25, 0.3) is 0 Å². The Kier molecular flexibility index (Phi) is 6.99. The summed E-state index contributed by atoms with van der Waals surface area (Å²) in [5.41, 5.74) is 4.03. The van der Waals surface area contributed by atoms with Crippen molar-refractivity contribution in [3.63, 3.8) is 0 Å². The summed E-state index contributed by atoms with van der Waals surface area (Å²) in [6.45, 7) is 7.46. The van der Waals surface area contributed by atoms with Crippen LogP contribution in [0.4, 0.5) is 5.95 Å². The number of carbonyl (C=O) groups excluding carboxylic acids is 1. The fraction of sp³-hybridized carbons (Fsp3) is 0.385. The van der Waals surface area contributed by atoms with Crippen molar-refractivity contribution in [2.75, 3.05) is 32.2 Å². The lowest BCUT2D eigenvalue weighted by Gasteiger charge is -2.30. The molecule has 4 rings (SSSR count). The lowest BCUT2D eigenvalue weighted by Crippen LogP contribution is -2.29. The highest BCUT2D eigenvalue weighted by Crippen LogP contribution is 2.39. The van der Waals surface area contributed by atoms with E-state index in [4.69, 9.17) is 19.2 Å². The molecule has 1 N–H and O–H groups in total. The summed E-state index contributed by atoms with van der Waals surface area (Å²) in [4.78, 5) is 17.9. The molecule has 0 aliphatic carbocycles. The Hall–Kier alpha value is -3.32. The fourth-order valence-electron chi connectivity index (χ4n) is 4.00. The first-order valence-corrected chi connectivity index (χ1v) is 11.3. The van der Waals surface area contributed by atoms with Crippen LogP contribution in [0.15, 0.2) is 59.8 Å². The van der Waals surface area contributed by atoms with Crippen LogP contribution in [-0.2, 0) is 14.3 Å². The summed E-state index contributed by atoms with van der Waals surface area (Å²) < 4.78 is 18.5. The van der Waals surface area contributed by atoms with Crippen LogP contribution in [0.5, 0.6) is 5.75 Å². The Labute approximate surface area is 194 Å². The van der Waals surface area contributed by atoms with E-state index in [1.807, 2.05) is 55.5 Å². The van der Waals surface area contributed by atoms with E-state index in [9.17, 15) is 4.79 Å². The molecule has 7 heteroatoms. The minimum Gasteiger partial charge on any atom is -0.494 e. The van der Waals surface area contributed by atoms with Gasteiger partial charge in [0.2, 0.25) is 5.95 Å². The van der Waals surface area contributed by atoms with E-state index in [0.717, 1.165) is 34.5 Å². The van der Waals surface area contributed by atoms with Crippen LogP contribution in [0.25, 0.3) is 11.0 Å². The molecule has 1 atom stereocenters. The average molecular weight is 450 g/mol. The van der Waals surface area contributed by atoms with Crippen LogP contribution in [0.3, 0.4) is 0 Å². The Bertz CT molecular complexity index is 1150. The molecule has 174 valence electrons. The number of fused-ring (bicyclic) bond motifs is 3. The molecule has 1 aliphatic rings. The molecule has 0 bridgehead atoms. The van der Waals surface area contributed by atoms with Gasteiger partial charge in [-0.25, -0.2) is 9.78 Å². The number of allylic oxidation sites excluding steroid dienone is 1. The number of methoxy groups -OCH3 is 1. The number of anilines is 1. The zero-order chi connectivity index (χ0) is 23.4. The third kappa shape index (κ3) is 4.88. The molecule has 0 amide bonds.